The first-order valence-corrected chi connectivity index (χ1v) is 7.80. The molecule has 0 aromatic carbocycles. The lowest BCUT2D eigenvalue weighted by atomic mass is 10.4. The van der Waals surface area contributed by atoms with Gasteiger partial charge in [0.15, 0.2) is 0 Å². The predicted molar refractivity (Wildman–Crippen MR) is 82.9 cm³/mol. The molecule has 0 aliphatic rings. The molecule has 0 saturated carbocycles. The number of aromatic nitrogens is 6. The van der Waals surface area contributed by atoms with Crippen molar-refractivity contribution in [2.24, 2.45) is 0 Å². The molecule has 0 bridgehead atoms. The average Bonchev–Trinajstić information content (AvgIpc) is 3.22. The second-order valence-electron chi connectivity index (χ2n) is 4.10. The minimum Gasteiger partial charge on any atom is -0.261 e. The highest BCUT2D eigenvalue weighted by Crippen LogP contribution is 2.21. The number of rotatable bonds is 3. The van der Waals surface area contributed by atoms with Gasteiger partial charge in [0.05, 0.1) is 6.20 Å². The fourth-order valence-electron chi connectivity index (χ4n) is 1.81. The Hall–Kier alpha value is -2.45. The number of hydrogen-bond acceptors (Lipinski definition) is 7. The first-order chi connectivity index (χ1) is 10.4. The van der Waals surface area contributed by atoms with Crippen molar-refractivity contribution in [2.45, 2.75) is 0 Å². The van der Waals surface area contributed by atoms with Crippen LogP contribution in [0.4, 0.5) is 0 Å². The maximum absolute atomic E-state index is 4.51. The summed E-state index contributed by atoms with van der Waals surface area (Å²) in [4.78, 5) is 10.2. The third-order valence-corrected chi connectivity index (χ3v) is 4.43. The quantitative estimate of drug-likeness (QED) is 0.582. The van der Waals surface area contributed by atoms with Gasteiger partial charge >= 0.3 is 0 Å². The zero-order chi connectivity index (χ0) is 14.1. The maximum Gasteiger partial charge on any atom is 0.235 e. The minimum absolute atomic E-state index is 0.602. The Labute approximate surface area is 127 Å². The van der Waals surface area contributed by atoms with Gasteiger partial charge in [0.2, 0.25) is 10.8 Å². The first-order valence-electron chi connectivity index (χ1n) is 6.10. The highest BCUT2D eigenvalue weighted by Gasteiger charge is 2.13. The molecule has 4 heterocycles. The zero-order valence-corrected chi connectivity index (χ0v) is 12.3. The Morgan fingerprint density at radius 2 is 2.14 bits per heavy atom. The van der Waals surface area contributed by atoms with E-state index in [9.17, 15) is 0 Å². The third kappa shape index (κ3) is 2.34. The van der Waals surface area contributed by atoms with Crippen LogP contribution in [0.5, 0.6) is 0 Å². The molecule has 0 unspecified atom stereocenters. The lowest BCUT2D eigenvalue weighted by Gasteiger charge is -1.93. The average molecular weight is 312 g/mol. The van der Waals surface area contributed by atoms with E-state index in [0.717, 1.165) is 9.97 Å². The predicted octanol–water partition coefficient (Wildman–Crippen LogP) is 2.87. The summed E-state index contributed by atoms with van der Waals surface area (Å²) >= 11 is 3.17. The van der Waals surface area contributed by atoms with E-state index in [4.69, 9.17) is 0 Å². The highest BCUT2D eigenvalue weighted by atomic mass is 32.1. The fourth-order valence-corrected chi connectivity index (χ4v) is 3.17. The number of nitrogens with zero attached hydrogens (tertiary/aromatic N) is 6. The molecule has 6 nitrogen and oxygen atoms in total. The molecule has 4 aromatic rings. The van der Waals surface area contributed by atoms with E-state index < -0.39 is 0 Å². The normalized spacial score (nSPS) is 11.6. The van der Waals surface area contributed by atoms with Crippen molar-refractivity contribution in [1.82, 2.24) is 29.8 Å². The maximum atomic E-state index is 4.51. The monoisotopic (exact) mass is 312 g/mol. The molecule has 0 fully saturated rings. The van der Waals surface area contributed by atoms with Gasteiger partial charge in [0.25, 0.3) is 0 Å². The van der Waals surface area contributed by atoms with Crippen molar-refractivity contribution in [3.05, 3.63) is 46.0 Å². The Bertz CT molecular complexity index is 891. The molecule has 0 N–H and O–H groups in total. The van der Waals surface area contributed by atoms with Gasteiger partial charge in [-0.2, -0.15) is 9.61 Å². The fraction of sp³-hybridized carbons (Fsp3) is 0. The molecule has 0 radical (unpaired) electrons. The Balaban J connectivity index is 1.73. The van der Waals surface area contributed by atoms with Crippen molar-refractivity contribution < 1.29 is 0 Å². The molecule has 102 valence electrons. The molecule has 0 saturated heterocycles. The van der Waals surface area contributed by atoms with Gasteiger partial charge in [-0.3, -0.25) is 4.98 Å². The number of fused-ring (bicyclic) bond motifs is 1. The summed E-state index contributed by atoms with van der Waals surface area (Å²) in [6, 6.07) is 4.08. The van der Waals surface area contributed by atoms with Crippen molar-refractivity contribution in [2.75, 3.05) is 0 Å². The van der Waals surface area contributed by atoms with Crippen LogP contribution in [-0.4, -0.2) is 29.8 Å². The molecular weight excluding hydrogens is 304 g/mol. The van der Waals surface area contributed by atoms with Gasteiger partial charge in [0.1, 0.15) is 10.7 Å². The van der Waals surface area contributed by atoms with E-state index in [-0.39, 0.29) is 0 Å². The van der Waals surface area contributed by atoms with Crippen LogP contribution < -0.4 is 0 Å². The molecule has 4 aromatic heterocycles. The smallest absolute Gasteiger partial charge is 0.235 e. The van der Waals surface area contributed by atoms with Gasteiger partial charge in [-0.1, -0.05) is 17.4 Å². The molecule has 4 rings (SSSR count). The second-order valence-corrected chi connectivity index (χ2v) is 6.06. The van der Waals surface area contributed by atoms with E-state index in [0.29, 0.717) is 11.5 Å². The molecule has 0 spiro atoms. The molecule has 0 atom stereocenters. The van der Waals surface area contributed by atoms with Gasteiger partial charge in [-0.25, -0.2) is 4.98 Å². The third-order valence-electron chi connectivity index (χ3n) is 2.73. The van der Waals surface area contributed by atoms with Crippen molar-refractivity contribution in [3.8, 4) is 11.5 Å². The Morgan fingerprint density at radius 3 is 2.95 bits per heavy atom. The minimum atomic E-state index is 0.602. The largest absolute Gasteiger partial charge is 0.261 e. The standard InChI is InChI=1S/C13H8N6S2/c1-2-9(20-7-1)3-4-11-18-19-12(16-17-13(19)21-11)10-8-14-5-6-15-10/h1-8H. The summed E-state index contributed by atoms with van der Waals surface area (Å²) in [5, 5.41) is 15.7. The van der Waals surface area contributed by atoms with Crippen LogP contribution in [-0.2, 0) is 0 Å². The first kappa shape index (κ1) is 12.3. The summed E-state index contributed by atoms with van der Waals surface area (Å²) < 4.78 is 1.70. The highest BCUT2D eigenvalue weighted by molar-refractivity contribution is 7.17. The molecule has 21 heavy (non-hydrogen) atoms. The number of thiophene rings is 1. The van der Waals surface area contributed by atoms with E-state index in [1.54, 1.807) is 34.4 Å². The van der Waals surface area contributed by atoms with Crippen LogP contribution in [0.2, 0.25) is 0 Å². The van der Waals surface area contributed by atoms with Crippen molar-refractivity contribution >= 4 is 39.8 Å². The molecular formula is C13H8N6S2. The van der Waals surface area contributed by atoms with Crippen LogP contribution in [0.3, 0.4) is 0 Å². The van der Waals surface area contributed by atoms with Crippen molar-refractivity contribution in [3.63, 3.8) is 0 Å². The lowest BCUT2D eigenvalue weighted by molar-refractivity contribution is 0.948. The number of hydrogen-bond donors (Lipinski definition) is 0. The Kier molecular flexibility index (Phi) is 3.02. The molecule has 0 aliphatic heterocycles. The van der Waals surface area contributed by atoms with E-state index in [1.165, 1.54) is 16.2 Å². The van der Waals surface area contributed by atoms with Gasteiger partial charge in [-0.15, -0.1) is 21.5 Å². The van der Waals surface area contributed by atoms with Gasteiger partial charge < -0.3 is 0 Å². The van der Waals surface area contributed by atoms with Crippen LogP contribution in [0.15, 0.2) is 36.1 Å². The molecule has 8 heteroatoms. The summed E-state index contributed by atoms with van der Waals surface area (Å²) in [5.41, 5.74) is 0.657. The SMILES string of the molecule is C(=Cc1nn2c(-c3cnccn3)nnc2s1)c1cccs1. The van der Waals surface area contributed by atoms with Gasteiger partial charge in [-0.05, 0) is 23.6 Å². The zero-order valence-electron chi connectivity index (χ0n) is 10.6. The van der Waals surface area contributed by atoms with Gasteiger partial charge in [0, 0.05) is 17.3 Å². The van der Waals surface area contributed by atoms with Crippen LogP contribution in [0.25, 0.3) is 28.6 Å². The second kappa shape index (κ2) is 5.15. The summed E-state index contributed by atoms with van der Waals surface area (Å²) in [6.45, 7) is 0. The topological polar surface area (TPSA) is 68.9 Å². The van der Waals surface area contributed by atoms with Crippen molar-refractivity contribution in [1.29, 1.82) is 0 Å². The van der Waals surface area contributed by atoms with Crippen LogP contribution in [0, 0.1) is 0 Å². The van der Waals surface area contributed by atoms with Crippen LogP contribution >= 0.6 is 22.7 Å². The van der Waals surface area contributed by atoms with Crippen LogP contribution in [0.1, 0.15) is 9.88 Å². The summed E-state index contributed by atoms with van der Waals surface area (Å²) in [7, 11) is 0. The Morgan fingerprint density at radius 1 is 1.14 bits per heavy atom. The van der Waals surface area contributed by atoms with E-state index in [2.05, 4.69) is 31.3 Å². The van der Waals surface area contributed by atoms with E-state index >= 15 is 0 Å². The van der Waals surface area contributed by atoms with E-state index in [1.807, 2.05) is 23.6 Å². The summed E-state index contributed by atoms with van der Waals surface area (Å²) in [5.74, 6) is 0.602. The molecule has 0 amide bonds. The summed E-state index contributed by atoms with van der Waals surface area (Å²) in [6.07, 6.45) is 8.92. The molecule has 0 aliphatic carbocycles. The lowest BCUT2D eigenvalue weighted by Crippen LogP contribution is -1.93.